The van der Waals surface area contributed by atoms with Crippen LogP contribution in [-0.4, -0.2) is 52.8 Å². The number of hydrogen-bond donors (Lipinski definition) is 1. The predicted octanol–water partition coefficient (Wildman–Crippen LogP) is 0.826. The largest absolute Gasteiger partial charge is 0.310 e. The van der Waals surface area contributed by atoms with Crippen LogP contribution in [0.4, 0.5) is 0 Å². The van der Waals surface area contributed by atoms with E-state index in [0.717, 1.165) is 5.75 Å². The molecule has 15 heavy (non-hydrogen) atoms. The summed E-state index contributed by atoms with van der Waals surface area (Å²) in [5.41, 5.74) is 0. The molecule has 1 N–H and O–H groups in total. The van der Waals surface area contributed by atoms with E-state index in [0.29, 0.717) is 18.1 Å². The molecule has 1 heterocycles. The van der Waals surface area contributed by atoms with Crippen molar-refractivity contribution >= 4 is 10.8 Å². The minimum Gasteiger partial charge on any atom is -0.310 e. The Morgan fingerprint density at radius 2 is 2.27 bits per heavy atom. The molecule has 0 spiro atoms. The zero-order valence-corrected chi connectivity index (χ0v) is 11.1. The van der Waals surface area contributed by atoms with Crippen LogP contribution >= 0.6 is 0 Å². The highest BCUT2D eigenvalue weighted by molar-refractivity contribution is 7.84. The lowest BCUT2D eigenvalue weighted by atomic mass is 9.98. The van der Waals surface area contributed by atoms with Crippen LogP contribution < -0.4 is 5.32 Å². The average Bonchev–Trinajstić information content (AvgIpc) is 2.10. The first-order valence-electron chi connectivity index (χ1n) is 5.75. The standard InChI is InChI=1S/C11H24N2OS/c1-9(8-15(4)14)12-11-5-6-13(3)10(2)7-11/h9-12H,5-8H2,1-4H3. The van der Waals surface area contributed by atoms with E-state index in [1.165, 1.54) is 19.4 Å². The minimum absolute atomic E-state index is 0.372. The van der Waals surface area contributed by atoms with E-state index >= 15 is 0 Å². The van der Waals surface area contributed by atoms with Crippen LogP contribution in [0.1, 0.15) is 26.7 Å². The van der Waals surface area contributed by atoms with E-state index in [1.807, 2.05) is 0 Å². The van der Waals surface area contributed by atoms with Gasteiger partial charge in [-0.25, -0.2) is 0 Å². The van der Waals surface area contributed by atoms with Gasteiger partial charge in [0, 0.05) is 40.9 Å². The fraction of sp³-hybridized carbons (Fsp3) is 1.00. The van der Waals surface area contributed by atoms with Crippen molar-refractivity contribution in [2.24, 2.45) is 0 Å². The van der Waals surface area contributed by atoms with Crippen LogP contribution in [0, 0.1) is 0 Å². The monoisotopic (exact) mass is 232 g/mol. The molecule has 0 radical (unpaired) electrons. The topological polar surface area (TPSA) is 32.3 Å². The normalized spacial score (nSPS) is 32.5. The number of piperidine rings is 1. The zero-order chi connectivity index (χ0) is 11.4. The maximum atomic E-state index is 11.1. The molecule has 0 aliphatic carbocycles. The van der Waals surface area contributed by atoms with Crippen molar-refractivity contribution in [1.82, 2.24) is 10.2 Å². The maximum absolute atomic E-state index is 11.1. The summed E-state index contributed by atoms with van der Waals surface area (Å²) in [5.74, 6) is 0.765. The van der Waals surface area contributed by atoms with Crippen LogP contribution in [0.25, 0.3) is 0 Å². The number of rotatable bonds is 4. The number of nitrogens with one attached hydrogen (secondary N) is 1. The molecular formula is C11H24N2OS. The van der Waals surface area contributed by atoms with Gasteiger partial charge in [0.1, 0.15) is 0 Å². The fourth-order valence-corrected chi connectivity index (χ4v) is 3.04. The van der Waals surface area contributed by atoms with Crippen molar-refractivity contribution < 1.29 is 4.21 Å². The molecule has 1 rings (SSSR count). The van der Waals surface area contributed by atoms with E-state index in [1.54, 1.807) is 6.26 Å². The number of likely N-dealkylation sites (tertiary alicyclic amines) is 1. The van der Waals surface area contributed by atoms with Crippen molar-refractivity contribution in [2.45, 2.75) is 44.8 Å². The summed E-state index contributed by atoms with van der Waals surface area (Å²) >= 11 is 0. The molecule has 0 aromatic rings. The molecule has 0 aromatic carbocycles. The van der Waals surface area contributed by atoms with E-state index in [-0.39, 0.29) is 0 Å². The molecule has 0 bridgehead atoms. The van der Waals surface area contributed by atoms with Gasteiger partial charge in [0.05, 0.1) is 0 Å². The van der Waals surface area contributed by atoms with Gasteiger partial charge in [-0.2, -0.15) is 0 Å². The van der Waals surface area contributed by atoms with Gasteiger partial charge in [-0.3, -0.25) is 4.21 Å². The molecule has 0 saturated carbocycles. The third-order valence-electron chi connectivity index (χ3n) is 3.21. The maximum Gasteiger partial charge on any atom is 0.0383 e. The van der Waals surface area contributed by atoms with E-state index in [2.05, 4.69) is 31.1 Å². The van der Waals surface area contributed by atoms with Gasteiger partial charge < -0.3 is 10.2 Å². The van der Waals surface area contributed by atoms with Gasteiger partial charge in [-0.15, -0.1) is 0 Å². The smallest absolute Gasteiger partial charge is 0.0383 e. The molecule has 4 heteroatoms. The molecular weight excluding hydrogens is 208 g/mol. The van der Waals surface area contributed by atoms with Gasteiger partial charge in [-0.1, -0.05) is 0 Å². The Morgan fingerprint density at radius 1 is 1.60 bits per heavy atom. The van der Waals surface area contributed by atoms with Crippen molar-refractivity contribution in [3.8, 4) is 0 Å². The number of hydrogen-bond acceptors (Lipinski definition) is 3. The molecule has 1 aliphatic heterocycles. The molecule has 4 unspecified atom stereocenters. The molecule has 0 amide bonds. The van der Waals surface area contributed by atoms with Crippen molar-refractivity contribution in [2.75, 3.05) is 25.6 Å². The first kappa shape index (κ1) is 13.1. The first-order valence-corrected chi connectivity index (χ1v) is 7.48. The van der Waals surface area contributed by atoms with Crippen LogP contribution in [0.15, 0.2) is 0 Å². The molecule has 1 saturated heterocycles. The van der Waals surface area contributed by atoms with Crippen molar-refractivity contribution in [1.29, 1.82) is 0 Å². The quantitative estimate of drug-likeness (QED) is 0.779. The second-order valence-corrected chi connectivity index (χ2v) is 6.34. The predicted molar refractivity (Wildman–Crippen MR) is 66.6 cm³/mol. The van der Waals surface area contributed by atoms with Crippen LogP contribution in [0.5, 0.6) is 0 Å². The van der Waals surface area contributed by atoms with Crippen molar-refractivity contribution in [3.05, 3.63) is 0 Å². The van der Waals surface area contributed by atoms with Crippen molar-refractivity contribution in [3.63, 3.8) is 0 Å². The molecule has 1 aliphatic rings. The Labute approximate surface area is 96.1 Å². The highest BCUT2D eigenvalue weighted by Crippen LogP contribution is 2.15. The minimum atomic E-state index is -0.689. The highest BCUT2D eigenvalue weighted by atomic mass is 32.2. The Kier molecular flexibility index (Phi) is 5.23. The zero-order valence-electron chi connectivity index (χ0n) is 10.3. The lowest BCUT2D eigenvalue weighted by Gasteiger charge is -2.36. The fourth-order valence-electron chi connectivity index (χ4n) is 2.24. The second-order valence-electron chi connectivity index (χ2n) is 4.86. The van der Waals surface area contributed by atoms with Crippen LogP contribution in [0.3, 0.4) is 0 Å². The van der Waals surface area contributed by atoms with E-state index < -0.39 is 10.8 Å². The van der Waals surface area contributed by atoms with Gasteiger partial charge in [-0.05, 0) is 40.3 Å². The number of nitrogens with zero attached hydrogens (tertiary/aromatic N) is 1. The Balaban J connectivity index is 2.30. The molecule has 0 aromatic heterocycles. The lowest BCUT2D eigenvalue weighted by molar-refractivity contribution is 0.165. The van der Waals surface area contributed by atoms with Crippen LogP contribution in [-0.2, 0) is 10.8 Å². The second kappa shape index (κ2) is 5.97. The summed E-state index contributed by atoms with van der Waals surface area (Å²) in [4.78, 5) is 2.40. The first-order chi connectivity index (χ1) is 6.99. The summed E-state index contributed by atoms with van der Waals surface area (Å²) < 4.78 is 11.1. The molecule has 1 fully saturated rings. The molecule has 3 nitrogen and oxygen atoms in total. The SMILES string of the molecule is CC(CS(C)=O)NC1CCN(C)C(C)C1. The highest BCUT2D eigenvalue weighted by Gasteiger charge is 2.23. The summed E-state index contributed by atoms with van der Waals surface area (Å²) in [6.45, 7) is 5.57. The Hall–Kier alpha value is 0.0700. The van der Waals surface area contributed by atoms with E-state index in [9.17, 15) is 4.21 Å². The van der Waals surface area contributed by atoms with Crippen LogP contribution in [0.2, 0.25) is 0 Å². The summed E-state index contributed by atoms with van der Waals surface area (Å²) in [6.07, 6.45) is 4.19. The summed E-state index contributed by atoms with van der Waals surface area (Å²) in [7, 11) is 1.50. The third kappa shape index (κ3) is 4.62. The molecule has 90 valence electrons. The van der Waals surface area contributed by atoms with Gasteiger partial charge in [0.2, 0.25) is 0 Å². The van der Waals surface area contributed by atoms with Gasteiger partial charge >= 0.3 is 0 Å². The van der Waals surface area contributed by atoms with Gasteiger partial charge in [0.15, 0.2) is 0 Å². The lowest BCUT2D eigenvalue weighted by Crippen LogP contribution is -2.48. The average molecular weight is 232 g/mol. The Bertz CT molecular complexity index is 223. The molecule has 4 atom stereocenters. The van der Waals surface area contributed by atoms with Gasteiger partial charge in [0.25, 0.3) is 0 Å². The third-order valence-corrected chi connectivity index (χ3v) is 4.18. The Morgan fingerprint density at radius 3 is 2.80 bits per heavy atom. The summed E-state index contributed by atoms with van der Waals surface area (Å²) in [5, 5.41) is 3.58. The van der Waals surface area contributed by atoms with E-state index in [4.69, 9.17) is 0 Å². The summed E-state index contributed by atoms with van der Waals surface area (Å²) in [6, 6.07) is 1.64.